The Hall–Kier alpha value is -1.59. The van der Waals surface area contributed by atoms with Gasteiger partial charge in [-0.1, -0.05) is 20.8 Å². The van der Waals surface area contributed by atoms with Crippen molar-refractivity contribution in [2.45, 2.75) is 27.2 Å². The zero-order valence-corrected chi connectivity index (χ0v) is 11.4. The molecule has 0 saturated carbocycles. The van der Waals surface area contributed by atoms with Crippen LogP contribution in [0, 0.1) is 11.8 Å². The molecule has 6 heteroatoms. The molecule has 18 heavy (non-hydrogen) atoms. The van der Waals surface area contributed by atoms with E-state index in [2.05, 4.69) is 5.32 Å². The van der Waals surface area contributed by atoms with Crippen LogP contribution in [0.25, 0.3) is 0 Å². The fraction of sp³-hybridized carbons (Fsp3) is 0.750. The predicted molar refractivity (Wildman–Crippen MR) is 66.9 cm³/mol. The van der Waals surface area contributed by atoms with Crippen molar-refractivity contribution in [3.8, 4) is 0 Å². The second-order valence-corrected chi connectivity index (χ2v) is 4.46. The highest BCUT2D eigenvalue weighted by atomic mass is 16.4. The summed E-state index contributed by atoms with van der Waals surface area (Å²) in [6.45, 7) is 5.50. The Kier molecular flexibility index (Phi) is 7.00. The van der Waals surface area contributed by atoms with Gasteiger partial charge in [-0.25, -0.2) is 0 Å². The first-order chi connectivity index (χ1) is 8.31. The van der Waals surface area contributed by atoms with E-state index in [1.165, 1.54) is 18.9 Å². The Morgan fingerprint density at radius 1 is 1.22 bits per heavy atom. The number of hydrogen-bond donors (Lipinski definition) is 2. The maximum atomic E-state index is 11.9. The van der Waals surface area contributed by atoms with Gasteiger partial charge in [0, 0.05) is 19.5 Å². The summed E-state index contributed by atoms with van der Waals surface area (Å²) >= 11 is 0. The highest BCUT2D eigenvalue weighted by molar-refractivity contribution is 5.88. The van der Waals surface area contributed by atoms with Crippen LogP contribution in [0.1, 0.15) is 27.2 Å². The van der Waals surface area contributed by atoms with E-state index in [0.29, 0.717) is 6.54 Å². The zero-order chi connectivity index (χ0) is 14.3. The lowest BCUT2D eigenvalue weighted by molar-refractivity contribution is -0.149. The van der Waals surface area contributed by atoms with Crippen LogP contribution in [0.2, 0.25) is 0 Å². The lowest BCUT2D eigenvalue weighted by Crippen LogP contribution is -2.42. The number of nitrogens with one attached hydrogen (secondary N) is 1. The summed E-state index contributed by atoms with van der Waals surface area (Å²) in [5.74, 6) is -3.00. The SMILES string of the molecule is CCCNC(=O)CN(C)C(=O)C(C)C(C)C(=O)O. The van der Waals surface area contributed by atoms with E-state index >= 15 is 0 Å². The van der Waals surface area contributed by atoms with Crippen LogP contribution < -0.4 is 5.32 Å². The molecule has 0 rings (SSSR count). The Morgan fingerprint density at radius 2 is 1.78 bits per heavy atom. The third kappa shape index (κ3) is 5.16. The lowest BCUT2D eigenvalue weighted by atomic mass is 9.95. The normalized spacial score (nSPS) is 13.6. The molecule has 0 aliphatic carbocycles. The van der Waals surface area contributed by atoms with Crippen LogP contribution in [0.4, 0.5) is 0 Å². The summed E-state index contributed by atoms with van der Waals surface area (Å²) in [7, 11) is 1.50. The number of nitrogens with zero attached hydrogens (tertiary/aromatic N) is 1. The largest absolute Gasteiger partial charge is 0.481 e. The molecular weight excluding hydrogens is 236 g/mol. The molecule has 2 atom stereocenters. The molecule has 2 unspecified atom stereocenters. The van der Waals surface area contributed by atoms with E-state index < -0.39 is 17.8 Å². The number of carbonyl (C=O) groups is 3. The molecule has 0 radical (unpaired) electrons. The molecule has 0 aromatic heterocycles. The van der Waals surface area contributed by atoms with E-state index in [0.717, 1.165) is 6.42 Å². The summed E-state index contributed by atoms with van der Waals surface area (Å²) in [6.07, 6.45) is 0.829. The van der Waals surface area contributed by atoms with Crippen LogP contribution in [0.5, 0.6) is 0 Å². The predicted octanol–water partition coefficient (Wildman–Crippen LogP) is 0.328. The smallest absolute Gasteiger partial charge is 0.307 e. The molecule has 0 aromatic carbocycles. The van der Waals surface area contributed by atoms with Crippen LogP contribution >= 0.6 is 0 Å². The molecule has 0 heterocycles. The average molecular weight is 258 g/mol. The van der Waals surface area contributed by atoms with Gasteiger partial charge in [0.05, 0.1) is 12.5 Å². The van der Waals surface area contributed by atoms with Gasteiger partial charge in [0.15, 0.2) is 0 Å². The number of carboxylic acid groups (broad SMARTS) is 1. The van der Waals surface area contributed by atoms with Crippen LogP contribution in [-0.4, -0.2) is 47.9 Å². The number of hydrogen-bond acceptors (Lipinski definition) is 3. The minimum absolute atomic E-state index is 0.0461. The second-order valence-electron chi connectivity index (χ2n) is 4.46. The molecule has 0 bridgehead atoms. The van der Waals surface area contributed by atoms with Gasteiger partial charge in [0.25, 0.3) is 0 Å². The number of carboxylic acids is 1. The van der Waals surface area contributed by atoms with Crippen molar-refractivity contribution in [2.24, 2.45) is 11.8 Å². The Bertz CT molecular complexity index is 317. The van der Waals surface area contributed by atoms with Gasteiger partial charge in [-0.3, -0.25) is 14.4 Å². The topological polar surface area (TPSA) is 86.7 Å². The van der Waals surface area contributed by atoms with Crippen molar-refractivity contribution in [1.82, 2.24) is 10.2 Å². The number of likely N-dealkylation sites (N-methyl/N-ethyl adjacent to an activating group) is 1. The summed E-state index contributed by atoms with van der Waals surface area (Å²) < 4.78 is 0. The Labute approximate surface area is 107 Å². The van der Waals surface area contributed by atoms with Gasteiger partial charge in [-0.05, 0) is 6.42 Å². The summed E-state index contributed by atoms with van der Waals surface area (Å²) in [5, 5.41) is 11.5. The van der Waals surface area contributed by atoms with Crippen molar-refractivity contribution in [1.29, 1.82) is 0 Å². The standard InChI is InChI=1S/C12H22N2O4/c1-5-6-13-10(15)7-14(4)11(16)8(2)9(3)12(17)18/h8-9H,5-7H2,1-4H3,(H,13,15)(H,17,18). The minimum atomic E-state index is -1.01. The quantitative estimate of drug-likeness (QED) is 0.689. The summed E-state index contributed by atoms with van der Waals surface area (Å²) in [5.41, 5.74) is 0. The van der Waals surface area contributed by atoms with E-state index in [1.807, 2.05) is 6.92 Å². The van der Waals surface area contributed by atoms with Crippen LogP contribution in [0.15, 0.2) is 0 Å². The molecule has 0 aliphatic heterocycles. The van der Waals surface area contributed by atoms with E-state index in [4.69, 9.17) is 5.11 Å². The maximum absolute atomic E-state index is 11.9. The first-order valence-corrected chi connectivity index (χ1v) is 6.05. The van der Waals surface area contributed by atoms with Gasteiger partial charge < -0.3 is 15.3 Å². The van der Waals surface area contributed by atoms with Crippen molar-refractivity contribution in [3.63, 3.8) is 0 Å². The molecule has 0 fully saturated rings. The average Bonchev–Trinajstić information content (AvgIpc) is 2.33. The molecule has 0 spiro atoms. The van der Waals surface area contributed by atoms with Gasteiger partial charge in [-0.15, -0.1) is 0 Å². The van der Waals surface area contributed by atoms with E-state index in [9.17, 15) is 14.4 Å². The fourth-order valence-electron chi connectivity index (χ4n) is 1.39. The number of carbonyl (C=O) groups excluding carboxylic acids is 2. The third-order valence-electron chi connectivity index (χ3n) is 2.86. The minimum Gasteiger partial charge on any atom is -0.481 e. The molecule has 6 nitrogen and oxygen atoms in total. The summed E-state index contributed by atoms with van der Waals surface area (Å²) in [4.78, 5) is 35.3. The number of aliphatic carboxylic acids is 1. The first kappa shape index (κ1) is 16.4. The van der Waals surface area contributed by atoms with Crippen molar-refractivity contribution >= 4 is 17.8 Å². The molecule has 0 saturated heterocycles. The number of rotatable bonds is 7. The zero-order valence-electron chi connectivity index (χ0n) is 11.4. The second kappa shape index (κ2) is 7.68. The molecule has 2 amide bonds. The fourth-order valence-corrected chi connectivity index (χ4v) is 1.39. The van der Waals surface area contributed by atoms with Crippen LogP contribution in [-0.2, 0) is 14.4 Å². The van der Waals surface area contributed by atoms with E-state index in [-0.39, 0.29) is 18.4 Å². The van der Waals surface area contributed by atoms with Crippen molar-refractivity contribution < 1.29 is 19.5 Å². The molecule has 0 aliphatic rings. The van der Waals surface area contributed by atoms with Gasteiger partial charge in [-0.2, -0.15) is 0 Å². The van der Waals surface area contributed by atoms with Gasteiger partial charge in [0.2, 0.25) is 11.8 Å². The van der Waals surface area contributed by atoms with Crippen molar-refractivity contribution in [3.05, 3.63) is 0 Å². The van der Waals surface area contributed by atoms with Gasteiger partial charge in [0.1, 0.15) is 0 Å². The summed E-state index contributed by atoms with van der Waals surface area (Å²) in [6, 6.07) is 0. The Balaban J connectivity index is 4.33. The monoisotopic (exact) mass is 258 g/mol. The van der Waals surface area contributed by atoms with E-state index in [1.54, 1.807) is 6.92 Å². The Morgan fingerprint density at radius 3 is 2.22 bits per heavy atom. The lowest BCUT2D eigenvalue weighted by Gasteiger charge is -2.23. The molecule has 0 aromatic rings. The van der Waals surface area contributed by atoms with Gasteiger partial charge >= 0.3 is 5.97 Å². The number of amides is 2. The third-order valence-corrected chi connectivity index (χ3v) is 2.86. The molecule has 2 N–H and O–H groups in total. The highest BCUT2D eigenvalue weighted by Gasteiger charge is 2.28. The van der Waals surface area contributed by atoms with Crippen LogP contribution in [0.3, 0.4) is 0 Å². The highest BCUT2D eigenvalue weighted by Crippen LogP contribution is 2.13. The maximum Gasteiger partial charge on any atom is 0.307 e. The molecule has 104 valence electrons. The van der Waals surface area contributed by atoms with Crippen molar-refractivity contribution in [2.75, 3.05) is 20.1 Å². The molecular formula is C12H22N2O4. The first-order valence-electron chi connectivity index (χ1n) is 6.05.